The van der Waals surface area contributed by atoms with Gasteiger partial charge in [0.25, 0.3) is 0 Å². The number of aliphatic carboxylic acids is 4. The Morgan fingerprint density at radius 3 is 1.05 bits per heavy atom. The molecule has 0 aromatic heterocycles. The molecule has 0 rings (SSSR count). The average molecular weight is 465 g/mol. The van der Waals surface area contributed by atoms with Crippen molar-refractivity contribution < 1.29 is 39.6 Å². The van der Waals surface area contributed by atoms with E-state index in [-0.39, 0.29) is 117 Å². The smallest absolute Gasteiger partial charge is 0.550 e. The number of carboxylic acid groups (broad SMARTS) is 4. The van der Waals surface area contributed by atoms with Crippen molar-refractivity contribution in [2.24, 2.45) is 11.5 Å². The predicted molar refractivity (Wildman–Crippen MR) is 66.0 cm³/mol. The van der Waals surface area contributed by atoms with Crippen molar-refractivity contribution in [1.82, 2.24) is 0 Å². The van der Waals surface area contributed by atoms with Crippen molar-refractivity contribution in [2.75, 3.05) is 0 Å². The van der Waals surface area contributed by atoms with Crippen LogP contribution in [0.15, 0.2) is 0 Å². The third-order valence-corrected chi connectivity index (χ3v) is 1.92. The van der Waals surface area contributed by atoms with Crippen LogP contribution in [-0.2, 0) is 19.2 Å². The van der Waals surface area contributed by atoms with E-state index in [2.05, 4.69) is 0 Å². The average Bonchev–Trinajstić information content (AvgIpc) is 2.33. The van der Waals surface area contributed by atoms with Gasteiger partial charge in [-0.3, -0.25) is 0 Å². The summed E-state index contributed by atoms with van der Waals surface area (Å²) in [5, 5.41) is 39.2. The molecule has 0 fully saturated rings. The Hall–Kier alpha value is 0.761. The topological polar surface area (TPSA) is 213 Å². The maximum atomic E-state index is 9.86. The fraction of sp³-hybridized carbons (Fsp3) is 0.600. The molecule has 0 aliphatic heterocycles. The number of rotatable bonds is 8. The molecule has 0 unspecified atom stereocenters. The van der Waals surface area contributed by atoms with Crippen molar-refractivity contribution in [3.05, 3.63) is 0 Å². The Bertz CT molecular complexity index is 333. The van der Waals surface area contributed by atoms with Crippen LogP contribution in [0.25, 0.3) is 0 Å². The van der Waals surface area contributed by atoms with E-state index in [0.717, 1.165) is 0 Å². The number of hydrogen-bond acceptors (Lipinski definition) is 10. The number of carboxylic acids is 4. The van der Waals surface area contributed by atoms with Crippen LogP contribution in [0.1, 0.15) is 25.7 Å². The molecule has 0 aliphatic rings. The molecule has 0 aliphatic carbocycles. The zero-order valence-corrected chi connectivity index (χ0v) is 18.8. The SMILES string of the molecule is N[C@@H](CCC(=O)[O-])C(=O)[O-].N[C@@H](CCC(=O)[O-])C(=O)[O-].[Sr+2].[Sr+2]. The van der Waals surface area contributed by atoms with Gasteiger partial charge in [0.1, 0.15) is 0 Å². The van der Waals surface area contributed by atoms with Crippen LogP contribution in [0.5, 0.6) is 0 Å². The molecule has 12 heteroatoms. The van der Waals surface area contributed by atoms with E-state index in [1.807, 2.05) is 0 Å². The van der Waals surface area contributed by atoms with Crippen LogP contribution >= 0.6 is 0 Å². The Morgan fingerprint density at radius 1 is 0.682 bits per heavy atom. The van der Waals surface area contributed by atoms with E-state index in [1.165, 1.54) is 0 Å². The van der Waals surface area contributed by atoms with Gasteiger partial charge in [0.2, 0.25) is 0 Å². The van der Waals surface area contributed by atoms with E-state index in [9.17, 15) is 39.6 Å². The molecule has 4 N–H and O–H groups in total. The summed E-state index contributed by atoms with van der Waals surface area (Å²) < 4.78 is 0. The number of nitrogens with two attached hydrogens (primary N) is 2. The third-order valence-electron chi connectivity index (χ3n) is 1.92. The Morgan fingerprint density at radius 2 is 0.909 bits per heavy atom. The molecule has 0 heterocycles. The van der Waals surface area contributed by atoms with Gasteiger partial charge in [-0.1, -0.05) is 0 Å². The first-order chi connectivity index (χ1) is 9.07. The van der Waals surface area contributed by atoms with Gasteiger partial charge in [-0.05, 0) is 25.7 Å². The molecule has 0 amide bonds. The number of carbonyl (C=O) groups is 4. The quantitative estimate of drug-likeness (QED) is 0.323. The van der Waals surface area contributed by atoms with Crippen LogP contribution in [0, 0.1) is 0 Å². The Kier molecular flexibility index (Phi) is 25.2. The molecule has 22 heavy (non-hydrogen) atoms. The number of carbonyl (C=O) groups excluding carboxylic acids is 4. The molecule has 0 spiro atoms. The third kappa shape index (κ3) is 23.0. The number of hydrogen-bond donors (Lipinski definition) is 2. The van der Waals surface area contributed by atoms with Crippen LogP contribution in [-0.4, -0.2) is 127 Å². The van der Waals surface area contributed by atoms with Gasteiger partial charge in [0.05, 0.1) is 11.9 Å². The maximum absolute atomic E-state index is 9.86. The fourth-order valence-electron chi connectivity index (χ4n) is 0.782. The van der Waals surface area contributed by atoms with E-state index in [0.29, 0.717) is 0 Å². The van der Waals surface area contributed by atoms with Gasteiger partial charge in [0, 0.05) is 24.0 Å². The molecular formula is C10H14N2O8Sr2. The van der Waals surface area contributed by atoms with Crippen molar-refractivity contribution >= 4 is 115 Å². The van der Waals surface area contributed by atoms with E-state index >= 15 is 0 Å². The van der Waals surface area contributed by atoms with Gasteiger partial charge in [-0.15, -0.1) is 0 Å². The van der Waals surface area contributed by atoms with Crippen LogP contribution in [0.3, 0.4) is 0 Å². The predicted octanol–water partition coefficient (Wildman–Crippen LogP) is -7.57. The summed E-state index contributed by atoms with van der Waals surface area (Å²) in [5.74, 6) is -5.50. The molecule has 0 aromatic rings. The second-order valence-electron chi connectivity index (χ2n) is 3.67. The van der Waals surface area contributed by atoms with Crippen LogP contribution < -0.4 is 31.9 Å². The van der Waals surface area contributed by atoms with Gasteiger partial charge in [-0.25, -0.2) is 0 Å². The first-order valence-corrected chi connectivity index (χ1v) is 5.40. The summed E-state index contributed by atoms with van der Waals surface area (Å²) in [7, 11) is 0. The molecular weight excluding hydrogens is 451 g/mol. The summed E-state index contributed by atoms with van der Waals surface area (Å²) in [5.41, 5.74) is 9.82. The van der Waals surface area contributed by atoms with Crippen LogP contribution in [0.4, 0.5) is 0 Å². The minimum Gasteiger partial charge on any atom is -0.550 e. The second-order valence-corrected chi connectivity index (χ2v) is 3.67. The molecule has 0 bridgehead atoms. The minimum atomic E-state index is -1.44. The Balaban J connectivity index is -0.000000135. The zero-order chi connectivity index (χ0) is 16.3. The van der Waals surface area contributed by atoms with Crippen LogP contribution in [0.2, 0.25) is 0 Å². The molecule has 0 saturated carbocycles. The Labute approximate surface area is 200 Å². The monoisotopic (exact) mass is 466 g/mol. The van der Waals surface area contributed by atoms with Gasteiger partial charge in [-0.2, -0.15) is 0 Å². The maximum Gasteiger partial charge on any atom is 2.00 e. The van der Waals surface area contributed by atoms with Crippen molar-refractivity contribution in [3.8, 4) is 0 Å². The summed E-state index contributed by atoms with van der Waals surface area (Å²) in [6.07, 6.45) is -1.00. The van der Waals surface area contributed by atoms with Crippen molar-refractivity contribution in [1.29, 1.82) is 0 Å². The summed E-state index contributed by atoms with van der Waals surface area (Å²) in [6.45, 7) is 0. The summed E-state index contributed by atoms with van der Waals surface area (Å²) in [6, 6.07) is -2.42. The standard InChI is InChI=1S/2C5H9NO4.2Sr/c2*6-3(5(9)10)1-2-4(7)8;;/h2*3H,1-2,6H2,(H,7,8)(H,9,10);;/q;;2*+2/p-4/t2*3-;;/m00../s1. The van der Waals surface area contributed by atoms with Gasteiger partial charge < -0.3 is 51.1 Å². The summed E-state index contributed by atoms with van der Waals surface area (Å²) in [4.78, 5) is 39.2. The first kappa shape index (κ1) is 30.6. The molecule has 0 radical (unpaired) electrons. The van der Waals surface area contributed by atoms with Gasteiger partial charge >= 0.3 is 91.0 Å². The fourth-order valence-corrected chi connectivity index (χ4v) is 0.782. The molecule has 0 saturated heterocycles. The second kappa shape index (κ2) is 18.1. The largest absolute Gasteiger partial charge is 2.00 e. The zero-order valence-electron chi connectivity index (χ0n) is 11.8. The first-order valence-electron chi connectivity index (χ1n) is 5.40. The van der Waals surface area contributed by atoms with Crippen molar-refractivity contribution in [2.45, 2.75) is 37.8 Å². The van der Waals surface area contributed by atoms with E-state index < -0.39 is 36.0 Å². The normalized spacial score (nSPS) is 11.4. The molecule has 10 nitrogen and oxygen atoms in total. The summed E-state index contributed by atoms with van der Waals surface area (Å²) >= 11 is 0. The van der Waals surface area contributed by atoms with E-state index in [4.69, 9.17) is 11.5 Å². The van der Waals surface area contributed by atoms with E-state index in [1.54, 1.807) is 0 Å². The molecule has 2 atom stereocenters. The minimum absolute atomic E-state index is 0. The molecule has 116 valence electrons. The van der Waals surface area contributed by atoms with Gasteiger partial charge in [0.15, 0.2) is 0 Å². The van der Waals surface area contributed by atoms with Crippen molar-refractivity contribution in [3.63, 3.8) is 0 Å². The molecule has 0 aromatic carbocycles.